The lowest BCUT2D eigenvalue weighted by atomic mass is 9.96. The van der Waals surface area contributed by atoms with Gasteiger partial charge < -0.3 is 14.7 Å². The molecule has 0 radical (unpaired) electrons. The van der Waals surface area contributed by atoms with Crippen molar-refractivity contribution in [2.75, 3.05) is 18.0 Å². The molecule has 2 aromatic carbocycles. The fourth-order valence-corrected chi connectivity index (χ4v) is 3.14. The van der Waals surface area contributed by atoms with E-state index >= 15 is 0 Å². The lowest BCUT2D eigenvalue weighted by molar-refractivity contribution is -0.142. The van der Waals surface area contributed by atoms with Crippen LogP contribution in [0.15, 0.2) is 48.5 Å². The molecular weight excluding hydrogens is 321 g/mol. The van der Waals surface area contributed by atoms with Crippen molar-refractivity contribution in [2.24, 2.45) is 5.92 Å². The third-order valence-corrected chi connectivity index (χ3v) is 4.68. The fourth-order valence-electron chi connectivity index (χ4n) is 3.14. The molecule has 0 aromatic heterocycles. The molecule has 1 heterocycles. The summed E-state index contributed by atoms with van der Waals surface area (Å²) in [5.41, 5.74) is 2.11. The number of carbonyl (C=O) groups is 1. The Morgan fingerprint density at radius 2 is 1.88 bits per heavy atom. The van der Waals surface area contributed by atoms with Crippen molar-refractivity contribution < 1.29 is 19.0 Å². The van der Waals surface area contributed by atoms with Crippen LogP contribution in [0.3, 0.4) is 0 Å². The van der Waals surface area contributed by atoms with E-state index in [9.17, 15) is 9.18 Å². The van der Waals surface area contributed by atoms with Gasteiger partial charge in [0.15, 0.2) is 0 Å². The van der Waals surface area contributed by atoms with E-state index in [1.165, 1.54) is 12.1 Å². The molecule has 0 saturated carbocycles. The average molecular weight is 343 g/mol. The first kappa shape index (κ1) is 17.3. The minimum absolute atomic E-state index is 0.165. The van der Waals surface area contributed by atoms with Gasteiger partial charge in [-0.2, -0.15) is 0 Å². The third-order valence-electron chi connectivity index (χ3n) is 4.68. The summed E-state index contributed by atoms with van der Waals surface area (Å²) in [5.74, 6) is -0.594. The number of rotatable bonds is 5. The second-order valence-electron chi connectivity index (χ2n) is 6.41. The monoisotopic (exact) mass is 343 g/mol. The van der Waals surface area contributed by atoms with Crippen LogP contribution in [-0.2, 0) is 4.79 Å². The van der Waals surface area contributed by atoms with Crippen LogP contribution < -0.4 is 9.64 Å². The van der Waals surface area contributed by atoms with Gasteiger partial charge in [-0.05, 0) is 61.7 Å². The van der Waals surface area contributed by atoms with Crippen LogP contribution in [0, 0.1) is 11.7 Å². The number of ether oxygens (including phenoxy) is 1. The topological polar surface area (TPSA) is 49.8 Å². The van der Waals surface area contributed by atoms with E-state index in [2.05, 4.69) is 11.0 Å². The Kier molecular flexibility index (Phi) is 5.22. The van der Waals surface area contributed by atoms with Crippen LogP contribution in [0.2, 0.25) is 0 Å². The number of aliphatic carboxylic acids is 1. The van der Waals surface area contributed by atoms with Crippen molar-refractivity contribution in [3.05, 3.63) is 59.9 Å². The molecule has 132 valence electrons. The minimum atomic E-state index is -0.699. The lowest BCUT2D eigenvalue weighted by Gasteiger charge is -2.32. The highest BCUT2D eigenvalue weighted by Crippen LogP contribution is 2.28. The maximum atomic E-state index is 13.0. The van der Waals surface area contributed by atoms with Crippen LogP contribution in [0.4, 0.5) is 10.1 Å². The van der Waals surface area contributed by atoms with Gasteiger partial charge >= 0.3 is 5.97 Å². The summed E-state index contributed by atoms with van der Waals surface area (Å²) < 4.78 is 18.9. The van der Waals surface area contributed by atoms with Gasteiger partial charge in [0, 0.05) is 18.8 Å². The van der Waals surface area contributed by atoms with E-state index in [1.54, 1.807) is 12.1 Å². The van der Waals surface area contributed by atoms with Gasteiger partial charge in [0.25, 0.3) is 0 Å². The first-order chi connectivity index (χ1) is 12.0. The second-order valence-corrected chi connectivity index (χ2v) is 6.41. The zero-order valence-electron chi connectivity index (χ0n) is 14.2. The standard InChI is InChI=1S/C20H22FNO3/c1-14(25-19-7-5-17(21)6-8-19)16-3-2-4-18(13-16)22-11-9-15(10-12-22)20(23)24/h2-8,13-15H,9-12H2,1H3,(H,23,24). The number of hydrogen-bond donors (Lipinski definition) is 1. The van der Waals surface area contributed by atoms with Crippen molar-refractivity contribution in [1.82, 2.24) is 0 Å². The molecule has 25 heavy (non-hydrogen) atoms. The van der Waals surface area contributed by atoms with Crippen LogP contribution in [0.1, 0.15) is 31.4 Å². The van der Waals surface area contributed by atoms with E-state index in [-0.39, 0.29) is 17.8 Å². The van der Waals surface area contributed by atoms with E-state index in [0.717, 1.165) is 24.3 Å². The number of carboxylic acids is 1. The summed E-state index contributed by atoms with van der Waals surface area (Å²) >= 11 is 0. The molecule has 5 heteroatoms. The Morgan fingerprint density at radius 3 is 2.52 bits per heavy atom. The molecule has 0 bridgehead atoms. The molecule has 4 nitrogen and oxygen atoms in total. The third kappa shape index (κ3) is 4.29. The molecule has 1 N–H and O–H groups in total. The van der Waals surface area contributed by atoms with Gasteiger partial charge in [0.1, 0.15) is 17.7 Å². The van der Waals surface area contributed by atoms with Crippen molar-refractivity contribution >= 4 is 11.7 Å². The predicted molar refractivity (Wildman–Crippen MR) is 94.5 cm³/mol. The van der Waals surface area contributed by atoms with Crippen LogP contribution in [-0.4, -0.2) is 24.2 Å². The minimum Gasteiger partial charge on any atom is -0.486 e. The van der Waals surface area contributed by atoms with Gasteiger partial charge in [0.2, 0.25) is 0 Å². The Hall–Kier alpha value is -2.56. The van der Waals surface area contributed by atoms with Crippen LogP contribution in [0.5, 0.6) is 5.75 Å². The van der Waals surface area contributed by atoms with Crippen molar-refractivity contribution in [1.29, 1.82) is 0 Å². The van der Waals surface area contributed by atoms with E-state index in [4.69, 9.17) is 9.84 Å². The Labute approximate surface area is 146 Å². The predicted octanol–water partition coefficient (Wildman–Crippen LogP) is 4.27. The summed E-state index contributed by atoms with van der Waals surface area (Å²) in [6.45, 7) is 3.44. The molecule has 1 saturated heterocycles. The van der Waals surface area contributed by atoms with Crippen molar-refractivity contribution in [3.8, 4) is 5.75 Å². The summed E-state index contributed by atoms with van der Waals surface area (Å²) in [6.07, 6.45) is 1.17. The number of benzene rings is 2. The molecular formula is C20H22FNO3. The molecule has 1 atom stereocenters. The first-order valence-corrected chi connectivity index (χ1v) is 8.53. The van der Waals surface area contributed by atoms with Gasteiger partial charge in [-0.25, -0.2) is 4.39 Å². The number of carboxylic acid groups (broad SMARTS) is 1. The van der Waals surface area contributed by atoms with Gasteiger partial charge in [-0.15, -0.1) is 0 Å². The smallest absolute Gasteiger partial charge is 0.306 e. The molecule has 2 aromatic rings. The summed E-state index contributed by atoms with van der Waals surface area (Å²) in [6, 6.07) is 14.1. The normalized spacial score (nSPS) is 16.5. The van der Waals surface area contributed by atoms with E-state index in [1.807, 2.05) is 25.1 Å². The zero-order valence-corrected chi connectivity index (χ0v) is 14.2. The SMILES string of the molecule is CC(Oc1ccc(F)cc1)c1cccc(N2CCC(C(=O)O)CC2)c1. The highest BCUT2D eigenvalue weighted by atomic mass is 19.1. The maximum Gasteiger partial charge on any atom is 0.306 e. The van der Waals surface area contributed by atoms with Crippen molar-refractivity contribution in [2.45, 2.75) is 25.9 Å². The van der Waals surface area contributed by atoms with Gasteiger partial charge in [-0.1, -0.05) is 12.1 Å². The molecule has 1 unspecified atom stereocenters. The molecule has 0 aliphatic carbocycles. The molecule has 1 fully saturated rings. The van der Waals surface area contributed by atoms with E-state index < -0.39 is 5.97 Å². The number of hydrogen-bond acceptors (Lipinski definition) is 3. The summed E-state index contributed by atoms with van der Waals surface area (Å²) in [5, 5.41) is 9.11. The molecule has 1 aliphatic rings. The Morgan fingerprint density at radius 1 is 1.20 bits per heavy atom. The van der Waals surface area contributed by atoms with Gasteiger partial charge in [-0.3, -0.25) is 4.79 Å². The fraction of sp³-hybridized carbons (Fsp3) is 0.350. The molecule has 3 rings (SSSR count). The van der Waals surface area contributed by atoms with Crippen LogP contribution in [0.25, 0.3) is 0 Å². The Balaban J connectivity index is 1.66. The lowest BCUT2D eigenvalue weighted by Crippen LogP contribution is -2.36. The highest BCUT2D eigenvalue weighted by molar-refractivity contribution is 5.70. The second kappa shape index (κ2) is 7.55. The molecule has 0 spiro atoms. The largest absolute Gasteiger partial charge is 0.486 e. The quantitative estimate of drug-likeness (QED) is 0.881. The zero-order chi connectivity index (χ0) is 17.8. The number of anilines is 1. The van der Waals surface area contributed by atoms with Crippen LogP contribution >= 0.6 is 0 Å². The maximum absolute atomic E-state index is 13.0. The summed E-state index contributed by atoms with van der Waals surface area (Å²) in [7, 11) is 0. The van der Waals surface area contributed by atoms with Gasteiger partial charge in [0.05, 0.1) is 5.92 Å². The van der Waals surface area contributed by atoms with Crippen molar-refractivity contribution in [3.63, 3.8) is 0 Å². The molecule has 0 amide bonds. The highest BCUT2D eigenvalue weighted by Gasteiger charge is 2.24. The first-order valence-electron chi connectivity index (χ1n) is 8.53. The number of halogens is 1. The Bertz CT molecular complexity index is 724. The summed E-state index contributed by atoms with van der Waals surface area (Å²) in [4.78, 5) is 13.3. The number of nitrogens with zero attached hydrogens (tertiary/aromatic N) is 1. The average Bonchev–Trinajstić information content (AvgIpc) is 2.64. The van der Waals surface area contributed by atoms with E-state index in [0.29, 0.717) is 18.6 Å². The number of piperidine rings is 1. The molecule has 1 aliphatic heterocycles.